The highest BCUT2D eigenvalue weighted by Gasteiger charge is 2.17. The lowest BCUT2D eigenvalue weighted by atomic mass is 10.0. The molecule has 3 rings (SSSR count). The van der Waals surface area contributed by atoms with Crippen LogP contribution in [-0.4, -0.2) is 23.7 Å². The van der Waals surface area contributed by atoms with Crippen molar-refractivity contribution >= 4 is 17.6 Å². The van der Waals surface area contributed by atoms with E-state index in [1.807, 2.05) is 12.1 Å². The van der Waals surface area contributed by atoms with E-state index in [1.54, 1.807) is 6.07 Å². The SMILES string of the molecule is CC(Oc1ccc(F)cc1)C(=O)NNC(=O)CCC(=O)c1ccc2c(c1)CCC2. The third-order valence-corrected chi connectivity index (χ3v) is 4.82. The Morgan fingerprint density at radius 3 is 2.48 bits per heavy atom. The van der Waals surface area contributed by atoms with E-state index in [4.69, 9.17) is 4.74 Å². The average molecular weight is 398 g/mol. The second-order valence-corrected chi connectivity index (χ2v) is 7.01. The lowest BCUT2D eigenvalue weighted by Crippen LogP contribution is -2.47. The average Bonchev–Trinajstić information content (AvgIpc) is 3.19. The molecule has 2 amide bonds. The Bertz CT molecular complexity index is 912. The number of nitrogens with one attached hydrogen (secondary N) is 2. The number of carbonyl (C=O) groups is 3. The Labute approximate surface area is 168 Å². The molecule has 1 unspecified atom stereocenters. The summed E-state index contributed by atoms with van der Waals surface area (Å²) in [5.41, 5.74) is 7.65. The molecule has 0 fully saturated rings. The van der Waals surface area contributed by atoms with Crippen molar-refractivity contribution in [3.8, 4) is 5.75 Å². The maximum absolute atomic E-state index is 12.9. The second kappa shape index (κ2) is 9.32. The summed E-state index contributed by atoms with van der Waals surface area (Å²) in [7, 11) is 0. The number of aryl methyl sites for hydroxylation is 2. The summed E-state index contributed by atoms with van der Waals surface area (Å²) in [6.07, 6.45) is 2.27. The third kappa shape index (κ3) is 5.63. The highest BCUT2D eigenvalue weighted by molar-refractivity contribution is 5.98. The molecule has 2 aromatic rings. The van der Waals surface area contributed by atoms with Crippen LogP contribution in [0.2, 0.25) is 0 Å². The molecule has 7 heteroatoms. The van der Waals surface area contributed by atoms with Gasteiger partial charge in [-0.05, 0) is 67.6 Å². The van der Waals surface area contributed by atoms with Gasteiger partial charge >= 0.3 is 0 Å². The number of fused-ring (bicyclic) bond motifs is 1. The van der Waals surface area contributed by atoms with Crippen LogP contribution in [0, 0.1) is 5.82 Å². The van der Waals surface area contributed by atoms with Gasteiger partial charge in [0.15, 0.2) is 11.9 Å². The Morgan fingerprint density at radius 2 is 1.72 bits per heavy atom. The molecular weight excluding hydrogens is 375 g/mol. The largest absolute Gasteiger partial charge is 0.481 e. The van der Waals surface area contributed by atoms with Crippen LogP contribution < -0.4 is 15.6 Å². The number of hydrogen-bond donors (Lipinski definition) is 2. The Morgan fingerprint density at radius 1 is 1.00 bits per heavy atom. The second-order valence-electron chi connectivity index (χ2n) is 7.01. The fraction of sp³-hybridized carbons (Fsp3) is 0.318. The van der Waals surface area contributed by atoms with E-state index >= 15 is 0 Å². The van der Waals surface area contributed by atoms with Crippen molar-refractivity contribution < 1.29 is 23.5 Å². The van der Waals surface area contributed by atoms with Gasteiger partial charge in [0.05, 0.1) is 0 Å². The van der Waals surface area contributed by atoms with E-state index in [1.165, 1.54) is 42.3 Å². The van der Waals surface area contributed by atoms with Crippen LogP contribution in [0.25, 0.3) is 0 Å². The minimum Gasteiger partial charge on any atom is -0.481 e. The number of rotatable bonds is 7. The zero-order valence-corrected chi connectivity index (χ0v) is 16.2. The summed E-state index contributed by atoms with van der Waals surface area (Å²) in [4.78, 5) is 36.2. The first-order valence-electron chi connectivity index (χ1n) is 9.58. The van der Waals surface area contributed by atoms with Crippen molar-refractivity contribution in [2.75, 3.05) is 0 Å². The third-order valence-electron chi connectivity index (χ3n) is 4.82. The molecular formula is C22H23FN2O4. The van der Waals surface area contributed by atoms with Crippen molar-refractivity contribution in [1.82, 2.24) is 10.9 Å². The molecule has 1 atom stereocenters. The molecule has 0 aromatic heterocycles. The molecule has 0 spiro atoms. The Balaban J connectivity index is 1.40. The molecule has 152 valence electrons. The monoisotopic (exact) mass is 398 g/mol. The van der Waals surface area contributed by atoms with Gasteiger partial charge in [-0.25, -0.2) is 4.39 Å². The summed E-state index contributed by atoms with van der Waals surface area (Å²) in [6.45, 7) is 1.50. The van der Waals surface area contributed by atoms with Crippen LogP contribution in [0.5, 0.6) is 5.75 Å². The molecule has 1 aliphatic rings. The Kier molecular flexibility index (Phi) is 6.59. The van der Waals surface area contributed by atoms with Crippen molar-refractivity contribution in [1.29, 1.82) is 0 Å². The zero-order chi connectivity index (χ0) is 20.8. The van der Waals surface area contributed by atoms with Crippen LogP contribution >= 0.6 is 0 Å². The maximum atomic E-state index is 12.9. The van der Waals surface area contributed by atoms with Crippen molar-refractivity contribution in [3.05, 3.63) is 65.0 Å². The standard InChI is InChI=1S/C22H23FN2O4/c1-14(29-19-9-7-18(23)8-10-19)22(28)25-24-21(27)12-11-20(26)17-6-5-15-3-2-4-16(15)13-17/h5-10,13-14H,2-4,11-12H2,1H3,(H,24,27)(H,25,28). The van der Waals surface area contributed by atoms with Crippen LogP contribution in [0.3, 0.4) is 0 Å². The molecule has 0 saturated heterocycles. The predicted octanol–water partition coefficient (Wildman–Crippen LogP) is 2.89. The summed E-state index contributed by atoms with van der Waals surface area (Å²) in [5, 5.41) is 0. The van der Waals surface area contributed by atoms with E-state index in [0.29, 0.717) is 11.3 Å². The van der Waals surface area contributed by atoms with Gasteiger partial charge < -0.3 is 4.74 Å². The molecule has 0 heterocycles. The zero-order valence-electron chi connectivity index (χ0n) is 16.2. The first-order valence-corrected chi connectivity index (χ1v) is 9.58. The number of amides is 2. The fourth-order valence-corrected chi connectivity index (χ4v) is 3.18. The number of ether oxygens (including phenoxy) is 1. The van der Waals surface area contributed by atoms with E-state index in [0.717, 1.165) is 19.3 Å². The molecule has 6 nitrogen and oxygen atoms in total. The van der Waals surface area contributed by atoms with Crippen molar-refractivity contribution in [3.63, 3.8) is 0 Å². The molecule has 29 heavy (non-hydrogen) atoms. The number of halogens is 1. The first-order chi connectivity index (χ1) is 13.9. The molecule has 0 bridgehead atoms. The summed E-state index contributed by atoms with van der Waals surface area (Å²) >= 11 is 0. The molecule has 1 aliphatic carbocycles. The van der Waals surface area contributed by atoms with Gasteiger partial charge in [0.25, 0.3) is 5.91 Å². The maximum Gasteiger partial charge on any atom is 0.279 e. The number of benzene rings is 2. The van der Waals surface area contributed by atoms with Gasteiger partial charge in [-0.15, -0.1) is 0 Å². The molecule has 0 radical (unpaired) electrons. The van der Waals surface area contributed by atoms with Crippen molar-refractivity contribution in [2.45, 2.75) is 45.1 Å². The lowest BCUT2D eigenvalue weighted by Gasteiger charge is -2.15. The minimum atomic E-state index is -0.895. The number of hydrazine groups is 1. The molecule has 0 aliphatic heterocycles. The van der Waals surface area contributed by atoms with Gasteiger partial charge in [-0.3, -0.25) is 25.2 Å². The van der Waals surface area contributed by atoms with E-state index < -0.39 is 23.7 Å². The van der Waals surface area contributed by atoms with Crippen LogP contribution in [0.4, 0.5) is 4.39 Å². The Hall–Kier alpha value is -3.22. The highest BCUT2D eigenvalue weighted by atomic mass is 19.1. The van der Waals surface area contributed by atoms with Crippen molar-refractivity contribution in [2.24, 2.45) is 0 Å². The first kappa shape index (κ1) is 20.5. The lowest BCUT2D eigenvalue weighted by molar-refractivity contribution is -0.132. The molecule has 2 N–H and O–H groups in total. The van der Waals surface area contributed by atoms with Gasteiger partial charge in [0, 0.05) is 18.4 Å². The topological polar surface area (TPSA) is 84.5 Å². The van der Waals surface area contributed by atoms with Crippen LogP contribution in [0.1, 0.15) is 47.7 Å². The van der Waals surface area contributed by atoms with Gasteiger partial charge in [-0.2, -0.15) is 0 Å². The van der Waals surface area contributed by atoms with Gasteiger partial charge in [0.1, 0.15) is 11.6 Å². The minimum absolute atomic E-state index is 0.0383. The van der Waals surface area contributed by atoms with E-state index in [-0.39, 0.29) is 18.6 Å². The normalized spacial score (nSPS) is 13.3. The quantitative estimate of drug-likeness (QED) is 0.555. The van der Waals surface area contributed by atoms with Gasteiger partial charge in [0.2, 0.25) is 5.91 Å². The van der Waals surface area contributed by atoms with Crippen LogP contribution in [-0.2, 0) is 22.4 Å². The highest BCUT2D eigenvalue weighted by Crippen LogP contribution is 2.23. The van der Waals surface area contributed by atoms with Crippen LogP contribution in [0.15, 0.2) is 42.5 Å². The number of hydrogen-bond acceptors (Lipinski definition) is 4. The van der Waals surface area contributed by atoms with E-state index in [2.05, 4.69) is 10.9 Å². The molecule has 2 aromatic carbocycles. The number of carbonyl (C=O) groups excluding carboxylic acids is 3. The number of Topliss-reactive ketones (excluding diaryl/α,β-unsaturated/α-hetero) is 1. The summed E-state index contributed by atoms with van der Waals surface area (Å²) in [6, 6.07) is 11.0. The van der Waals surface area contributed by atoms with E-state index in [9.17, 15) is 18.8 Å². The van der Waals surface area contributed by atoms with Gasteiger partial charge in [-0.1, -0.05) is 12.1 Å². The number of ketones is 1. The predicted molar refractivity (Wildman–Crippen MR) is 105 cm³/mol. The summed E-state index contributed by atoms with van der Waals surface area (Å²) < 4.78 is 18.3. The summed E-state index contributed by atoms with van der Waals surface area (Å²) in [5.74, 6) is -1.21. The smallest absolute Gasteiger partial charge is 0.279 e. The molecule has 0 saturated carbocycles. The fourth-order valence-electron chi connectivity index (χ4n) is 3.18.